The molecule has 0 saturated carbocycles. The summed E-state index contributed by atoms with van der Waals surface area (Å²) in [6.07, 6.45) is 6.04. The van der Waals surface area contributed by atoms with Crippen molar-refractivity contribution >= 4 is 5.96 Å². The highest BCUT2D eigenvalue weighted by atomic mass is 19.1. The summed E-state index contributed by atoms with van der Waals surface area (Å²) < 4.78 is 28.5. The van der Waals surface area contributed by atoms with Gasteiger partial charge in [-0.05, 0) is 59.0 Å². The number of aliphatic imine (C=N–C) groups is 1. The summed E-state index contributed by atoms with van der Waals surface area (Å²) in [7, 11) is 7.63. The summed E-state index contributed by atoms with van der Waals surface area (Å²) in [6.45, 7) is 0.365. The molecule has 1 aromatic carbocycles. The number of nitrogens with one attached hydrogen (secondary N) is 2. The molecule has 7 heteroatoms. The van der Waals surface area contributed by atoms with Crippen LogP contribution in [-0.4, -0.2) is 68.6 Å². The lowest BCUT2D eigenvalue weighted by Gasteiger charge is -2.47. The van der Waals surface area contributed by atoms with Crippen LogP contribution in [0.4, 0.5) is 8.78 Å². The molecule has 0 aromatic heterocycles. The average molecular weight is 394 g/mol. The fourth-order valence-corrected chi connectivity index (χ4v) is 4.69. The van der Waals surface area contributed by atoms with E-state index < -0.39 is 17.7 Å². The maximum absolute atomic E-state index is 14.3. The SMILES string of the molecule is CN=C(NCC(c1c(F)cccc1F)N(C)C)NC1CC2CCCC(C1)N2C. The summed E-state index contributed by atoms with van der Waals surface area (Å²) in [6, 6.07) is 5.21. The Balaban J connectivity index is 1.63. The normalized spacial score (nSPS) is 27.0. The third-order valence-corrected chi connectivity index (χ3v) is 6.32. The van der Waals surface area contributed by atoms with Gasteiger partial charge in [-0.3, -0.25) is 4.99 Å². The quantitative estimate of drug-likeness (QED) is 0.596. The van der Waals surface area contributed by atoms with Crippen molar-refractivity contribution in [2.45, 2.75) is 56.3 Å². The number of hydrogen-bond donors (Lipinski definition) is 2. The van der Waals surface area contributed by atoms with E-state index in [0.29, 0.717) is 30.6 Å². The molecule has 3 unspecified atom stereocenters. The maximum Gasteiger partial charge on any atom is 0.191 e. The zero-order valence-electron chi connectivity index (χ0n) is 17.4. The molecule has 0 spiro atoms. The molecule has 2 saturated heterocycles. The Kier molecular flexibility index (Phi) is 6.88. The number of nitrogens with zero attached hydrogens (tertiary/aromatic N) is 3. The molecular formula is C21H33F2N5. The monoisotopic (exact) mass is 393 g/mol. The summed E-state index contributed by atoms with van der Waals surface area (Å²) in [5, 5.41) is 6.81. The Morgan fingerprint density at radius 2 is 1.82 bits per heavy atom. The Labute approximate surface area is 167 Å². The molecule has 2 aliphatic rings. The first-order valence-corrected chi connectivity index (χ1v) is 10.2. The molecule has 28 heavy (non-hydrogen) atoms. The molecule has 156 valence electrons. The number of benzene rings is 1. The third-order valence-electron chi connectivity index (χ3n) is 6.32. The minimum Gasteiger partial charge on any atom is -0.354 e. The summed E-state index contributed by atoms with van der Waals surface area (Å²) in [5.74, 6) is -0.352. The van der Waals surface area contributed by atoms with Crippen LogP contribution >= 0.6 is 0 Å². The zero-order chi connectivity index (χ0) is 20.3. The van der Waals surface area contributed by atoms with Crippen LogP contribution in [0.2, 0.25) is 0 Å². The average Bonchev–Trinajstić information content (AvgIpc) is 2.63. The predicted molar refractivity (Wildman–Crippen MR) is 109 cm³/mol. The van der Waals surface area contributed by atoms with Crippen LogP contribution in [-0.2, 0) is 0 Å². The van der Waals surface area contributed by atoms with Gasteiger partial charge >= 0.3 is 0 Å². The summed E-state index contributed by atoms with van der Waals surface area (Å²) in [5.41, 5.74) is 0.0873. The van der Waals surface area contributed by atoms with Crippen molar-refractivity contribution in [2.24, 2.45) is 4.99 Å². The minimum absolute atomic E-state index is 0.0873. The molecule has 5 nitrogen and oxygen atoms in total. The highest BCUT2D eigenvalue weighted by Gasteiger charge is 2.36. The van der Waals surface area contributed by atoms with Crippen LogP contribution in [0.3, 0.4) is 0 Å². The van der Waals surface area contributed by atoms with Crippen LogP contribution in [0.25, 0.3) is 0 Å². The van der Waals surface area contributed by atoms with Crippen molar-refractivity contribution < 1.29 is 8.78 Å². The van der Waals surface area contributed by atoms with Crippen molar-refractivity contribution in [3.05, 3.63) is 35.4 Å². The second-order valence-corrected chi connectivity index (χ2v) is 8.28. The maximum atomic E-state index is 14.3. The lowest BCUT2D eigenvalue weighted by atomic mass is 9.82. The highest BCUT2D eigenvalue weighted by Crippen LogP contribution is 2.32. The zero-order valence-corrected chi connectivity index (χ0v) is 17.4. The van der Waals surface area contributed by atoms with E-state index in [0.717, 1.165) is 12.8 Å². The smallest absolute Gasteiger partial charge is 0.191 e. The fourth-order valence-electron chi connectivity index (χ4n) is 4.69. The molecule has 2 fully saturated rings. The first-order chi connectivity index (χ1) is 13.4. The van der Waals surface area contributed by atoms with Gasteiger partial charge in [0.05, 0.1) is 6.04 Å². The fraction of sp³-hybridized carbons (Fsp3) is 0.667. The Morgan fingerprint density at radius 3 is 2.36 bits per heavy atom. The number of halogens is 2. The van der Waals surface area contributed by atoms with E-state index >= 15 is 0 Å². The molecule has 2 heterocycles. The molecular weight excluding hydrogens is 360 g/mol. The second kappa shape index (κ2) is 9.18. The van der Waals surface area contributed by atoms with Crippen LogP contribution in [0.5, 0.6) is 0 Å². The lowest BCUT2D eigenvalue weighted by molar-refractivity contribution is 0.0526. The van der Waals surface area contributed by atoms with Gasteiger partial charge in [-0.2, -0.15) is 0 Å². The molecule has 2 bridgehead atoms. The Morgan fingerprint density at radius 1 is 1.21 bits per heavy atom. The Bertz CT molecular complexity index is 659. The minimum atomic E-state index is -0.522. The molecule has 2 N–H and O–H groups in total. The topological polar surface area (TPSA) is 42.9 Å². The third kappa shape index (κ3) is 4.63. The van der Waals surface area contributed by atoms with Gasteiger partial charge in [0.25, 0.3) is 0 Å². The Hall–Kier alpha value is -1.73. The number of guanidine groups is 1. The first-order valence-electron chi connectivity index (χ1n) is 10.2. The van der Waals surface area contributed by atoms with E-state index in [1.807, 2.05) is 19.0 Å². The second-order valence-electron chi connectivity index (χ2n) is 8.28. The molecule has 1 aromatic rings. The molecule has 3 atom stereocenters. The van der Waals surface area contributed by atoms with Crippen molar-refractivity contribution in [3.63, 3.8) is 0 Å². The van der Waals surface area contributed by atoms with E-state index in [2.05, 4.69) is 27.6 Å². The van der Waals surface area contributed by atoms with E-state index in [4.69, 9.17) is 0 Å². The van der Waals surface area contributed by atoms with Gasteiger partial charge < -0.3 is 20.4 Å². The van der Waals surface area contributed by atoms with Gasteiger partial charge in [0, 0.05) is 37.3 Å². The molecule has 0 aliphatic carbocycles. The number of fused-ring (bicyclic) bond motifs is 2. The van der Waals surface area contributed by atoms with Crippen LogP contribution < -0.4 is 10.6 Å². The van der Waals surface area contributed by atoms with Gasteiger partial charge in [0.15, 0.2) is 5.96 Å². The molecule has 2 aliphatic heterocycles. The number of rotatable bonds is 5. The first kappa shape index (κ1) is 21.0. The van der Waals surface area contributed by atoms with Crippen molar-refractivity contribution in [3.8, 4) is 0 Å². The largest absolute Gasteiger partial charge is 0.354 e. The van der Waals surface area contributed by atoms with Crippen molar-refractivity contribution in [1.29, 1.82) is 0 Å². The van der Waals surface area contributed by atoms with Crippen molar-refractivity contribution in [2.75, 3.05) is 34.7 Å². The van der Waals surface area contributed by atoms with Crippen LogP contribution in [0, 0.1) is 11.6 Å². The van der Waals surface area contributed by atoms with Gasteiger partial charge in [-0.1, -0.05) is 12.5 Å². The van der Waals surface area contributed by atoms with Gasteiger partial charge in [0.1, 0.15) is 11.6 Å². The van der Waals surface area contributed by atoms with Crippen molar-refractivity contribution in [1.82, 2.24) is 20.4 Å². The summed E-state index contributed by atoms with van der Waals surface area (Å²) >= 11 is 0. The molecule has 3 rings (SSSR count). The molecule has 0 radical (unpaired) electrons. The summed E-state index contributed by atoms with van der Waals surface area (Å²) in [4.78, 5) is 8.69. The van der Waals surface area contributed by atoms with E-state index in [1.165, 1.54) is 37.5 Å². The van der Waals surface area contributed by atoms with Crippen LogP contribution in [0.1, 0.15) is 43.7 Å². The lowest BCUT2D eigenvalue weighted by Crippen LogP contribution is -2.57. The van der Waals surface area contributed by atoms with E-state index in [9.17, 15) is 8.78 Å². The van der Waals surface area contributed by atoms with Gasteiger partial charge in [-0.15, -0.1) is 0 Å². The van der Waals surface area contributed by atoms with E-state index in [-0.39, 0.29) is 5.56 Å². The highest BCUT2D eigenvalue weighted by molar-refractivity contribution is 5.80. The van der Waals surface area contributed by atoms with Gasteiger partial charge in [0.2, 0.25) is 0 Å². The van der Waals surface area contributed by atoms with Gasteiger partial charge in [-0.25, -0.2) is 8.78 Å². The number of piperidine rings is 2. The van der Waals surface area contributed by atoms with Crippen LogP contribution in [0.15, 0.2) is 23.2 Å². The number of hydrogen-bond acceptors (Lipinski definition) is 3. The van der Waals surface area contributed by atoms with E-state index in [1.54, 1.807) is 7.05 Å². The standard InChI is InChI=1S/C21H33F2N5/c1-24-21(26-14-11-15-7-5-8-16(12-14)28(15)4)25-13-19(27(2)3)20-17(22)9-6-10-18(20)23/h6,9-10,14-16,19H,5,7-8,11-13H2,1-4H3,(H2,24,25,26). The number of likely N-dealkylation sites (N-methyl/N-ethyl adjacent to an activating group) is 1. The molecule has 0 amide bonds. The predicted octanol–water partition coefficient (Wildman–Crippen LogP) is 2.75.